The summed E-state index contributed by atoms with van der Waals surface area (Å²) < 4.78 is 41.3. The quantitative estimate of drug-likeness (QED) is 0.757. The first-order chi connectivity index (χ1) is 11.8. The van der Waals surface area contributed by atoms with Gasteiger partial charge in [0.25, 0.3) is 5.91 Å². The first kappa shape index (κ1) is 18.0. The summed E-state index contributed by atoms with van der Waals surface area (Å²) >= 11 is 1.19. The summed E-state index contributed by atoms with van der Waals surface area (Å²) in [4.78, 5) is 17.1. The van der Waals surface area contributed by atoms with E-state index in [4.69, 9.17) is 0 Å². The Bertz CT molecular complexity index is 1010. The molecule has 0 bridgehead atoms. The molecule has 0 radical (unpaired) electrons. The standard InChI is InChI=1S/C16H18FN3O3S2/c1-3-9-19-14-11(17)6-4-8-13(14)24-16(19)18-15(21)12-7-5-10-20(12)25(2,22)23/h3-4,6,8,12H,1,5,7,9-10H2,2H3. The van der Waals surface area contributed by atoms with Gasteiger partial charge >= 0.3 is 0 Å². The number of nitrogens with zero attached hydrogens (tertiary/aromatic N) is 3. The van der Waals surface area contributed by atoms with Crippen molar-refractivity contribution in [3.63, 3.8) is 0 Å². The third kappa shape index (κ3) is 3.44. The molecule has 1 aromatic heterocycles. The molecule has 1 aliphatic rings. The molecule has 1 aliphatic heterocycles. The normalized spacial score (nSPS) is 19.6. The average Bonchev–Trinajstić information content (AvgIpc) is 3.14. The highest BCUT2D eigenvalue weighted by Crippen LogP contribution is 2.23. The molecule has 1 aromatic carbocycles. The zero-order valence-corrected chi connectivity index (χ0v) is 15.3. The molecule has 2 heterocycles. The van der Waals surface area contributed by atoms with E-state index in [0.29, 0.717) is 40.9 Å². The highest BCUT2D eigenvalue weighted by atomic mass is 32.2. The van der Waals surface area contributed by atoms with E-state index in [0.717, 1.165) is 6.26 Å². The smallest absolute Gasteiger partial charge is 0.266 e. The Balaban J connectivity index is 2.09. The minimum atomic E-state index is -3.47. The number of aromatic nitrogens is 1. The number of fused-ring (bicyclic) bond motifs is 1. The Kier molecular flexibility index (Phi) is 4.90. The first-order valence-electron chi connectivity index (χ1n) is 7.77. The van der Waals surface area contributed by atoms with E-state index in [1.807, 2.05) is 0 Å². The summed E-state index contributed by atoms with van der Waals surface area (Å²) in [5.41, 5.74) is 0.366. The van der Waals surface area contributed by atoms with Gasteiger partial charge in [0.05, 0.1) is 16.5 Å². The van der Waals surface area contributed by atoms with Crippen molar-refractivity contribution in [3.8, 4) is 0 Å². The van der Waals surface area contributed by atoms with E-state index in [1.165, 1.54) is 21.7 Å². The second-order valence-electron chi connectivity index (χ2n) is 5.85. The summed E-state index contributed by atoms with van der Waals surface area (Å²) in [7, 11) is -3.47. The van der Waals surface area contributed by atoms with E-state index in [2.05, 4.69) is 11.6 Å². The van der Waals surface area contributed by atoms with Crippen LogP contribution in [-0.4, -0.2) is 42.0 Å². The van der Waals surface area contributed by atoms with Gasteiger partial charge in [-0.05, 0) is 25.0 Å². The van der Waals surface area contributed by atoms with Crippen LogP contribution in [0.4, 0.5) is 4.39 Å². The lowest BCUT2D eigenvalue weighted by Crippen LogP contribution is -2.39. The van der Waals surface area contributed by atoms with Gasteiger partial charge in [-0.15, -0.1) is 6.58 Å². The van der Waals surface area contributed by atoms with Gasteiger partial charge in [-0.25, -0.2) is 12.8 Å². The van der Waals surface area contributed by atoms with E-state index in [9.17, 15) is 17.6 Å². The number of benzene rings is 1. The monoisotopic (exact) mass is 383 g/mol. The number of allylic oxidation sites excluding steroid dienone is 1. The van der Waals surface area contributed by atoms with Crippen LogP contribution in [0, 0.1) is 5.82 Å². The molecule has 0 spiro atoms. The van der Waals surface area contributed by atoms with Crippen molar-refractivity contribution in [3.05, 3.63) is 41.5 Å². The Morgan fingerprint density at radius 1 is 1.52 bits per heavy atom. The number of hydrogen-bond acceptors (Lipinski definition) is 4. The molecule has 1 saturated heterocycles. The minimum Gasteiger partial charge on any atom is -0.310 e. The summed E-state index contributed by atoms with van der Waals surface area (Å²) in [5.74, 6) is -0.921. The van der Waals surface area contributed by atoms with Crippen molar-refractivity contribution in [1.29, 1.82) is 0 Å². The molecule has 6 nitrogen and oxygen atoms in total. The van der Waals surface area contributed by atoms with Crippen LogP contribution in [0.2, 0.25) is 0 Å². The zero-order valence-electron chi connectivity index (χ0n) is 13.7. The van der Waals surface area contributed by atoms with E-state index >= 15 is 0 Å². The van der Waals surface area contributed by atoms with Gasteiger partial charge in [-0.1, -0.05) is 23.5 Å². The molecule has 134 valence electrons. The van der Waals surface area contributed by atoms with Crippen LogP contribution in [0.5, 0.6) is 0 Å². The molecular formula is C16H18FN3O3S2. The fraction of sp³-hybridized carbons (Fsp3) is 0.375. The third-order valence-corrected chi connectivity index (χ3v) is 6.42. The number of para-hydroxylation sites is 1. The second-order valence-corrected chi connectivity index (χ2v) is 8.80. The summed E-state index contributed by atoms with van der Waals surface area (Å²) in [6.07, 6.45) is 3.74. The van der Waals surface area contributed by atoms with E-state index < -0.39 is 27.8 Å². The van der Waals surface area contributed by atoms with E-state index in [1.54, 1.807) is 22.8 Å². The maximum absolute atomic E-state index is 14.2. The van der Waals surface area contributed by atoms with E-state index in [-0.39, 0.29) is 0 Å². The van der Waals surface area contributed by atoms with Crippen molar-refractivity contribution in [2.75, 3.05) is 12.8 Å². The van der Waals surface area contributed by atoms with Crippen molar-refractivity contribution < 1.29 is 17.6 Å². The van der Waals surface area contributed by atoms with Crippen molar-refractivity contribution in [2.45, 2.75) is 25.4 Å². The molecule has 25 heavy (non-hydrogen) atoms. The van der Waals surface area contributed by atoms with Crippen LogP contribution in [0.1, 0.15) is 12.8 Å². The Morgan fingerprint density at radius 3 is 2.96 bits per heavy atom. The number of amides is 1. The number of thiazole rings is 1. The average molecular weight is 383 g/mol. The zero-order chi connectivity index (χ0) is 18.2. The van der Waals surface area contributed by atoms with Gasteiger partial charge in [0, 0.05) is 13.1 Å². The van der Waals surface area contributed by atoms with Gasteiger partial charge in [0.15, 0.2) is 4.80 Å². The van der Waals surface area contributed by atoms with Gasteiger partial charge in [-0.2, -0.15) is 9.30 Å². The molecule has 0 N–H and O–H groups in total. The highest BCUT2D eigenvalue weighted by molar-refractivity contribution is 7.88. The van der Waals surface area contributed by atoms with Crippen LogP contribution in [-0.2, 0) is 21.4 Å². The second kappa shape index (κ2) is 6.81. The van der Waals surface area contributed by atoms with Gasteiger partial charge < -0.3 is 4.57 Å². The van der Waals surface area contributed by atoms with Gasteiger partial charge in [0.2, 0.25) is 10.0 Å². The molecule has 0 aliphatic carbocycles. The lowest BCUT2D eigenvalue weighted by molar-refractivity contribution is -0.121. The molecule has 9 heteroatoms. The lowest BCUT2D eigenvalue weighted by atomic mass is 10.2. The molecule has 1 unspecified atom stereocenters. The maximum atomic E-state index is 14.2. The predicted molar refractivity (Wildman–Crippen MR) is 95.1 cm³/mol. The van der Waals surface area contributed by atoms with Crippen molar-refractivity contribution >= 4 is 37.5 Å². The number of sulfonamides is 1. The number of carbonyl (C=O) groups is 1. The largest absolute Gasteiger partial charge is 0.310 e. The number of carbonyl (C=O) groups excluding carboxylic acids is 1. The third-order valence-electron chi connectivity index (χ3n) is 4.08. The van der Waals surface area contributed by atoms with Crippen LogP contribution in [0.15, 0.2) is 35.8 Å². The van der Waals surface area contributed by atoms with Crippen LogP contribution in [0.3, 0.4) is 0 Å². The minimum absolute atomic E-state index is 0.299. The predicted octanol–water partition coefficient (Wildman–Crippen LogP) is 1.88. The summed E-state index contributed by atoms with van der Waals surface area (Å²) in [5, 5.41) is 0. The molecule has 1 atom stereocenters. The fourth-order valence-electron chi connectivity index (χ4n) is 3.02. The molecule has 3 rings (SSSR count). The molecule has 0 saturated carbocycles. The summed E-state index contributed by atoms with van der Waals surface area (Å²) in [6, 6.07) is 3.91. The molecule has 1 fully saturated rings. The SMILES string of the molecule is C=CCn1c(=NC(=O)C2CCCN2S(C)(=O)=O)sc2cccc(F)c21. The topological polar surface area (TPSA) is 71.7 Å². The van der Waals surface area contributed by atoms with Crippen LogP contribution < -0.4 is 4.80 Å². The number of hydrogen-bond donors (Lipinski definition) is 0. The molecular weight excluding hydrogens is 365 g/mol. The van der Waals surface area contributed by atoms with Crippen LogP contribution >= 0.6 is 11.3 Å². The Labute approximate surface area is 149 Å². The Morgan fingerprint density at radius 2 is 2.28 bits per heavy atom. The van der Waals surface area contributed by atoms with Gasteiger partial charge in [0.1, 0.15) is 11.9 Å². The first-order valence-corrected chi connectivity index (χ1v) is 10.4. The van der Waals surface area contributed by atoms with Crippen LogP contribution in [0.25, 0.3) is 10.2 Å². The number of halogens is 1. The Hall–Kier alpha value is -1.84. The summed E-state index contributed by atoms with van der Waals surface area (Å²) in [6.45, 7) is 4.28. The lowest BCUT2D eigenvalue weighted by Gasteiger charge is -2.18. The maximum Gasteiger partial charge on any atom is 0.266 e. The molecule has 2 aromatic rings. The molecule has 1 amide bonds. The van der Waals surface area contributed by atoms with Crippen molar-refractivity contribution in [1.82, 2.24) is 8.87 Å². The van der Waals surface area contributed by atoms with Gasteiger partial charge in [-0.3, -0.25) is 4.79 Å². The highest BCUT2D eigenvalue weighted by Gasteiger charge is 2.36. The fourth-order valence-corrected chi connectivity index (χ4v) is 5.20. The number of rotatable bonds is 4. The van der Waals surface area contributed by atoms with Crippen molar-refractivity contribution in [2.24, 2.45) is 4.99 Å².